The molecule has 0 nitrogen and oxygen atoms in total. The maximum atomic E-state index is 2.46. The summed E-state index contributed by atoms with van der Waals surface area (Å²) in [6, 6.07) is 0. The summed E-state index contributed by atoms with van der Waals surface area (Å²) >= 11 is 2.46. The molecule has 1 heteroatoms. The second-order valence-electron chi connectivity index (χ2n) is 6.68. The van der Waals surface area contributed by atoms with Gasteiger partial charge in [-0.2, -0.15) is 0 Å². The van der Waals surface area contributed by atoms with E-state index in [1.807, 2.05) is 0 Å². The summed E-state index contributed by atoms with van der Waals surface area (Å²) in [4.78, 5) is 0. The Labute approximate surface area is 126 Å². The smallest absolute Gasteiger partial charge is 0.00904 e. The molecule has 100 valence electrons. The molecule has 2 rings (SSSR count). The van der Waals surface area contributed by atoms with Crippen LogP contribution < -0.4 is 0 Å². The van der Waals surface area contributed by atoms with Gasteiger partial charge in [0.25, 0.3) is 0 Å². The Morgan fingerprint density at radius 3 is 2.67 bits per heavy atom. The third kappa shape index (κ3) is 2.48. The molecule has 2 aliphatic rings. The average molecular weight is 356 g/mol. The number of hydrogen-bond donors (Lipinski definition) is 0. The molecular formula is C17H25I. The van der Waals surface area contributed by atoms with Gasteiger partial charge in [-0.1, -0.05) is 50.5 Å². The van der Waals surface area contributed by atoms with E-state index in [-0.39, 0.29) is 5.41 Å². The van der Waals surface area contributed by atoms with Crippen LogP contribution in [0.25, 0.3) is 0 Å². The number of allylic oxidation sites excluding steroid dienone is 6. The Morgan fingerprint density at radius 2 is 2.06 bits per heavy atom. The van der Waals surface area contributed by atoms with Gasteiger partial charge in [-0.15, -0.1) is 0 Å². The van der Waals surface area contributed by atoms with Crippen LogP contribution in [0.5, 0.6) is 0 Å². The van der Waals surface area contributed by atoms with Crippen molar-refractivity contribution in [2.24, 2.45) is 17.3 Å². The van der Waals surface area contributed by atoms with Gasteiger partial charge in [0.1, 0.15) is 0 Å². The lowest BCUT2D eigenvalue weighted by atomic mass is 9.77. The van der Waals surface area contributed by atoms with Crippen molar-refractivity contribution in [2.75, 3.05) is 0 Å². The second kappa shape index (κ2) is 5.15. The van der Waals surface area contributed by atoms with Crippen LogP contribution in [-0.4, -0.2) is 0 Å². The van der Waals surface area contributed by atoms with Crippen molar-refractivity contribution in [3.8, 4) is 0 Å². The fourth-order valence-electron chi connectivity index (χ4n) is 3.30. The molecule has 0 bridgehead atoms. The molecule has 0 amide bonds. The van der Waals surface area contributed by atoms with E-state index in [0.29, 0.717) is 5.92 Å². The lowest BCUT2D eigenvalue weighted by Crippen LogP contribution is -2.16. The van der Waals surface area contributed by atoms with Crippen molar-refractivity contribution >= 4 is 22.6 Å². The monoisotopic (exact) mass is 356 g/mol. The van der Waals surface area contributed by atoms with E-state index in [1.54, 1.807) is 16.7 Å². The summed E-state index contributed by atoms with van der Waals surface area (Å²) < 4.78 is 1.42. The molecule has 0 spiro atoms. The highest BCUT2D eigenvalue weighted by molar-refractivity contribution is 14.1. The minimum atomic E-state index is 0.279. The molecule has 1 unspecified atom stereocenters. The van der Waals surface area contributed by atoms with E-state index in [2.05, 4.69) is 69.4 Å². The summed E-state index contributed by atoms with van der Waals surface area (Å²) in [5, 5.41) is 0. The van der Waals surface area contributed by atoms with Crippen molar-refractivity contribution in [3.63, 3.8) is 0 Å². The van der Waals surface area contributed by atoms with Crippen LogP contribution in [0.3, 0.4) is 0 Å². The topological polar surface area (TPSA) is 0 Å². The minimum Gasteiger partial charge on any atom is -0.0702 e. The van der Waals surface area contributed by atoms with E-state index in [0.717, 1.165) is 5.92 Å². The molecule has 0 saturated heterocycles. The zero-order valence-electron chi connectivity index (χ0n) is 12.3. The lowest BCUT2D eigenvalue weighted by Gasteiger charge is -2.27. The quantitative estimate of drug-likeness (QED) is 0.427. The average Bonchev–Trinajstić information content (AvgIpc) is 2.46. The zero-order valence-corrected chi connectivity index (χ0v) is 14.5. The predicted molar refractivity (Wildman–Crippen MR) is 88.8 cm³/mol. The van der Waals surface area contributed by atoms with Gasteiger partial charge in [0.2, 0.25) is 0 Å². The molecule has 1 atom stereocenters. The molecular weight excluding hydrogens is 331 g/mol. The van der Waals surface area contributed by atoms with E-state index in [4.69, 9.17) is 0 Å². The molecule has 0 aromatic carbocycles. The van der Waals surface area contributed by atoms with Gasteiger partial charge in [0, 0.05) is 14.9 Å². The molecule has 0 fully saturated rings. The minimum absolute atomic E-state index is 0.279. The molecule has 2 aliphatic carbocycles. The third-order valence-electron chi connectivity index (χ3n) is 4.77. The zero-order chi connectivity index (χ0) is 13.5. The Balaban J connectivity index is 2.31. The van der Waals surface area contributed by atoms with Crippen LogP contribution in [0.4, 0.5) is 0 Å². The van der Waals surface area contributed by atoms with E-state index < -0.39 is 0 Å². The van der Waals surface area contributed by atoms with Crippen molar-refractivity contribution in [1.82, 2.24) is 0 Å². The Morgan fingerprint density at radius 1 is 1.39 bits per heavy atom. The number of hydrogen-bond acceptors (Lipinski definition) is 0. The number of halogens is 1. The van der Waals surface area contributed by atoms with Crippen LogP contribution >= 0.6 is 22.6 Å². The SMILES string of the molecule is CC1=C(CCC(C)C)C2CC=C(I)C=C2C1(C)C. The fraction of sp³-hybridized carbons (Fsp3) is 0.647. The standard InChI is InChI=1S/C17H25I/c1-11(2)6-8-14-12(3)17(4,5)16-10-13(18)7-9-15(14)16/h7,10-11,15H,6,8-9H2,1-5H3. The highest BCUT2D eigenvalue weighted by Crippen LogP contribution is 2.54. The summed E-state index contributed by atoms with van der Waals surface area (Å²) in [5.41, 5.74) is 5.31. The first-order chi connectivity index (χ1) is 8.34. The summed E-state index contributed by atoms with van der Waals surface area (Å²) in [6.07, 6.45) is 8.67. The second-order valence-corrected chi connectivity index (χ2v) is 7.93. The van der Waals surface area contributed by atoms with Crippen molar-refractivity contribution in [2.45, 2.75) is 53.9 Å². The van der Waals surface area contributed by atoms with Crippen molar-refractivity contribution in [3.05, 3.63) is 32.5 Å². The molecule has 0 aromatic rings. The molecule has 18 heavy (non-hydrogen) atoms. The van der Waals surface area contributed by atoms with Gasteiger partial charge in [0.05, 0.1) is 0 Å². The van der Waals surface area contributed by atoms with E-state index >= 15 is 0 Å². The lowest BCUT2D eigenvalue weighted by molar-refractivity contribution is 0.516. The first-order valence-electron chi connectivity index (χ1n) is 7.12. The Kier molecular flexibility index (Phi) is 4.10. The fourth-order valence-corrected chi connectivity index (χ4v) is 3.89. The summed E-state index contributed by atoms with van der Waals surface area (Å²) in [6.45, 7) is 11.8. The largest absolute Gasteiger partial charge is 0.0702 e. The first-order valence-corrected chi connectivity index (χ1v) is 8.19. The van der Waals surface area contributed by atoms with E-state index in [9.17, 15) is 0 Å². The van der Waals surface area contributed by atoms with Gasteiger partial charge in [-0.05, 0) is 60.8 Å². The van der Waals surface area contributed by atoms with Crippen LogP contribution in [-0.2, 0) is 0 Å². The maximum Gasteiger partial charge on any atom is 0.00904 e. The Bertz CT molecular complexity index is 433. The van der Waals surface area contributed by atoms with Crippen LogP contribution in [0, 0.1) is 17.3 Å². The summed E-state index contributed by atoms with van der Waals surface area (Å²) in [7, 11) is 0. The van der Waals surface area contributed by atoms with Crippen molar-refractivity contribution in [1.29, 1.82) is 0 Å². The van der Waals surface area contributed by atoms with Gasteiger partial charge >= 0.3 is 0 Å². The van der Waals surface area contributed by atoms with Crippen LogP contribution in [0.1, 0.15) is 53.9 Å². The van der Waals surface area contributed by atoms with Gasteiger partial charge in [-0.25, -0.2) is 0 Å². The Hall–Kier alpha value is -0.0500. The molecule has 0 aromatic heterocycles. The van der Waals surface area contributed by atoms with Crippen molar-refractivity contribution < 1.29 is 0 Å². The molecule has 0 N–H and O–H groups in total. The third-order valence-corrected chi connectivity index (χ3v) is 5.52. The molecule has 0 saturated carbocycles. The highest BCUT2D eigenvalue weighted by atomic mass is 127. The van der Waals surface area contributed by atoms with Crippen LogP contribution in [0.2, 0.25) is 0 Å². The maximum absolute atomic E-state index is 2.46. The number of rotatable bonds is 3. The molecule has 0 aliphatic heterocycles. The first kappa shape index (κ1) is 14.4. The highest BCUT2D eigenvalue weighted by Gasteiger charge is 2.41. The number of fused-ring (bicyclic) bond motifs is 1. The van der Waals surface area contributed by atoms with Crippen LogP contribution in [0.15, 0.2) is 32.5 Å². The van der Waals surface area contributed by atoms with Gasteiger partial charge in [0.15, 0.2) is 0 Å². The van der Waals surface area contributed by atoms with E-state index in [1.165, 1.54) is 22.8 Å². The summed E-state index contributed by atoms with van der Waals surface area (Å²) in [5.74, 6) is 1.51. The molecule has 0 heterocycles. The van der Waals surface area contributed by atoms with Gasteiger partial charge < -0.3 is 0 Å². The normalized spacial score (nSPS) is 26.3. The molecule has 0 radical (unpaired) electrons. The predicted octanol–water partition coefficient (Wildman–Crippen LogP) is 6.04. The van der Waals surface area contributed by atoms with Gasteiger partial charge in [-0.3, -0.25) is 0 Å².